The van der Waals surface area contributed by atoms with Crippen LogP contribution in [0.5, 0.6) is 0 Å². The maximum absolute atomic E-state index is 12.8. The summed E-state index contributed by atoms with van der Waals surface area (Å²) in [6.07, 6.45) is -8.96. The molecule has 0 fully saturated rings. The van der Waals surface area contributed by atoms with Crippen LogP contribution in [0.15, 0.2) is 6.07 Å². The van der Waals surface area contributed by atoms with E-state index < -0.39 is 47.6 Å². The monoisotopic (exact) mass is 298 g/mol. The lowest BCUT2D eigenvalue weighted by Gasteiger charge is -2.14. The maximum atomic E-state index is 12.8. The number of pyridine rings is 1. The van der Waals surface area contributed by atoms with Crippen LogP contribution in [0.1, 0.15) is 30.3 Å². The van der Waals surface area contributed by atoms with Gasteiger partial charge in [0.25, 0.3) is 6.43 Å². The van der Waals surface area contributed by atoms with Gasteiger partial charge in [-0.15, -0.1) is 0 Å². The van der Waals surface area contributed by atoms with Crippen LogP contribution in [0.2, 0.25) is 0 Å². The van der Waals surface area contributed by atoms with Gasteiger partial charge >= 0.3 is 12.1 Å². The van der Waals surface area contributed by atoms with Crippen LogP contribution in [0.25, 0.3) is 0 Å². The zero-order valence-electron chi connectivity index (χ0n) is 10.3. The van der Waals surface area contributed by atoms with E-state index in [0.717, 1.165) is 0 Å². The molecule has 0 amide bonds. The molecular formula is C11H11F5N2O2. The molecule has 0 unspecified atom stereocenters. The van der Waals surface area contributed by atoms with Crippen molar-refractivity contribution in [2.24, 2.45) is 0 Å². The van der Waals surface area contributed by atoms with Crippen molar-refractivity contribution >= 4 is 11.7 Å². The number of carbonyl (C=O) groups excluding carboxylic acids is 1. The fourth-order valence-electron chi connectivity index (χ4n) is 1.51. The number of carbonyl (C=O) groups is 1. The van der Waals surface area contributed by atoms with Crippen molar-refractivity contribution in [2.45, 2.75) is 25.9 Å². The van der Waals surface area contributed by atoms with E-state index in [1.54, 1.807) is 0 Å². The molecule has 0 aliphatic rings. The number of nitrogens with two attached hydrogens (primary N) is 1. The Kier molecular flexibility index (Phi) is 4.85. The van der Waals surface area contributed by atoms with Gasteiger partial charge < -0.3 is 10.5 Å². The fourth-order valence-corrected chi connectivity index (χ4v) is 1.51. The average molecular weight is 298 g/mol. The van der Waals surface area contributed by atoms with Crippen LogP contribution in [0.4, 0.5) is 27.6 Å². The van der Waals surface area contributed by atoms with Crippen LogP contribution < -0.4 is 5.73 Å². The maximum Gasteiger partial charge on any atom is 0.433 e. The second-order valence-electron chi connectivity index (χ2n) is 3.75. The van der Waals surface area contributed by atoms with Gasteiger partial charge in [0, 0.05) is 0 Å². The highest BCUT2D eigenvalue weighted by molar-refractivity contribution is 5.73. The summed E-state index contributed by atoms with van der Waals surface area (Å²) in [5.74, 6) is -0.927. The smallest absolute Gasteiger partial charge is 0.433 e. The second kappa shape index (κ2) is 6.02. The van der Waals surface area contributed by atoms with E-state index in [2.05, 4.69) is 9.72 Å². The van der Waals surface area contributed by atoms with E-state index in [1.165, 1.54) is 6.92 Å². The first-order valence-corrected chi connectivity index (χ1v) is 5.47. The molecular weight excluding hydrogens is 287 g/mol. The number of aromatic nitrogens is 1. The zero-order valence-corrected chi connectivity index (χ0v) is 10.3. The third kappa shape index (κ3) is 3.78. The molecule has 0 aromatic carbocycles. The molecule has 0 atom stereocenters. The molecule has 0 saturated heterocycles. The van der Waals surface area contributed by atoms with Gasteiger partial charge in [0.2, 0.25) is 0 Å². The van der Waals surface area contributed by atoms with Crippen molar-refractivity contribution in [2.75, 3.05) is 12.3 Å². The normalized spacial score (nSPS) is 11.8. The highest BCUT2D eigenvalue weighted by atomic mass is 19.4. The minimum Gasteiger partial charge on any atom is -0.466 e. The minimum absolute atomic E-state index is 0.0157. The predicted molar refractivity (Wildman–Crippen MR) is 58.9 cm³/mol. The molecule has 4 nitrogen and oxygen atoms in total. The van der Waals surface area contributed by atoms with Crippen molar-refractivity contribution in [3.63, 3.8) is 0 Å². The summed E-state index contributed by atoms with van der Waals surface area (Å²) in [5.41, 5.74) is 1.30. The highest BCUT2D eigenvalue weighted by Crippen LogP contribution is 2.34. The quantitative estimate of drug-likeness (QED) is 0.685. The molecule has 112 valence electrons. The summed E-state index contributed by atoms with van der Waals surface area (Å²) in [6.45, 7) is 1.47. The highest BCUT2D eigenvalue weighted by Gasteiger charge is 2.37. The first-order valence-electron chi connectivity index (χ1n) is 5.47. The first kappa shape index (κ1) is 16.1. The zero-order chi connectivity index (χ0) is 15.5. The van der Waals surface area contributed by atoms with E-state index in [0.29, 0.717) is 6.07 Å². The van der Waals surface area contributed by atoms with Gasteiger partial charge in [-0.3, -0.25) is 4.79 Å². The molecule has 1 heterocycles. The molecule has 0 bridgehead atoms. The Balaban J connectivity index is 3.28. The number of esters is 1. The number of halogens is 5. The second-order valence-corrected chi connectivity index (χ2v) is 3.75. The number of rotatable bonds is 4. The van der Waals surface area contributed by atoms with Crippen LogP contribution >= 0.6 is 0 Å². The van der Waals surface area contributed by atoms with Crippen molar-refractivity contribution in [3.8, 4) is 0 Å². The molecule has 1 aromatic rings. The standard InChI is InChI=1S/C11H11F5N2O2/c1-2-20-7(19)4-5-3-6(17)8(10(12)13)18-9(5)11(14,15)16/h3,10H,2,4,17H2,1H3. The average Bonchev–Trinajstić information content (AvgIpc) is 2.26. The van der Waals surface area contributed by atoms with Gasteiger partial charge in [0.05, 0.1) is 18.7 Å². The molecule has 0 saturated carbocycles. The third-order valence-electron chi connectivity index (χ3n) is 2.28. The molecule has 0 aliphatic heterocycles. The van der Waals surface area contributed by atoms with Gasteiger partial charge in [0.15, 0.2) is 0 Å². The van der Waals surface area contributed by atoms with Crippen molar-refractivity contribution in [1.29, 1.82) is 0 Å². The van der Waals surface area contributed by atoms with E-state index in [4.69, 9.17) is 5.73 Å². The number of alkyl halides is 5. The first-order chi connectivity index (χ1) is 9.16. The lowest BCUT2D eigenvalue weighted by Crippen LogP contribution is -2.18. The van der Waals surface area contributed by atoms with Crippen molar-refractivity contribution in [3.05, 3.63) is 23.0 Å². The summed E-state index contributed by atoms with van der Waals surface area (Å²) in [7, 11) is 0. The number of anilines is 1. The van der Waals surface area contributed by atoms with Crippen LogP contribution in [0, 0.1) is 0 Å². The Morgan fingerprint density at radius 2 is 2.05 bits per heavy atom. The van der Waals surface area contributed by atoms with Gasteiger partial charge in [-0.25, -0.2) is 13.8 Å². The largest absolute Gasteiger partial charge is 0.466 e. The van der Waals surface area contributed by atoms with Gasteiger partial charge in [-0.05, 0) is 18.6 Å². The van der Waals surface area contributed by atoms with E-state index in [-0.39, 0.29) is 6.61 Å². The Morgan fingerprint density at radius 3 is 2.50 bits per heavy atom. The molecule has 9 heteroatoms. The Morgan fingerprint density at radius 1 is 1.45 bits per heavy atom. The number of hydrogen-bond acceptors (Lipinski definition) is 4. The van der Waals surface area contributed by atoms with Crippen LogP contribution in [-0.2, 0) is 22.1 Å². The van der Waals surface area contributed by atoms with Gasteiger partial charge in [-0.2, -0.15) is 13.2 Å². The van der Waals surface area contributed by atoms with E-state index >= 15 is 0 Å². The van der Waals surface area contributed by atoms with Crippen molar-refractivity contribution < 1.29 is 31.5 Å². The fraction of sp³-hybridized carbons (Fsp3) is 0.455. The van der Waals surface area contributed by atoms with Crippen molar-refractivity contribution in [1.82, 2.24) is 4.98 Å². The SMILES string of the molecule is CCOC(=O)Cc1cc(N)c(C(F)F)nc1C(F)(F)F. The topological polar surface area (TPSA) is 65.2 Å². The number of nitrogens with zero attached hydrogens (tertiary/aromatic N) is 1. The lowest BCUT2D eigenvalue weighted by atomic mass is 10.1. The summed E-state index contributed by atoms with van der Waals surface area (Å²) in [6, 6.07) is 0.675. The Hall–Kier alpha value is -1.93. The Bertz CT molecular complexity index is 502. The minimum atomic E-state index is -4.97. The molecule has 1 aromatic heterocycles. The summed E-state index contributed by atoms with van der Waals surface area (Å²) >= 11 is 0. The van der Waals surface area contributed by atoms with E-state index in [9.17, 15) is 26.7 Å². The third-order valence-corrected chi connectivity index (χ3v) is 2.28. The van der Waals surface area contributed by atoms with Gasteiger partial charge in [-0.1, -0.05) is 0 Å². The van der Waals surface area contributed by atoms with E-state index in [1.807, 2.05) is 0 Å². The summed E-state index contributed by atoms with van der Waals surface area (Å²) in [4.78, 5) is 14.1. The molecule has 20 heavy (non-hydrogen) atoms. The van der Waals surface area contributed by atoms with Gasteiger partial charge in [0.1, 0.15) is 11.4 Å². The number of hydrogen-bond donors (Lipinski definition) is 1. The Labute approximate surface area is 110 Å². The predicted octanol–water partition coefficient (Wildman–Crippen LogP) is 2.73. The number of ether oxygens (including phenoxy) is 1. The lowest BCUT2D eigenvalue weighted by molar-refractivity contribution is -0.144. The summed E-state index contributed by atoms with van der Waals surface area (Å²) < 4.78 is 67.8. The number of nitrogen functional groups attached to an aromatic ring is 1. The summed E-state index contributed by atoms with van der Waals surface area (Å²) in [5, 5.41) is 0. The van der Waals surface area contributed by atoms with Crippen LogP contribution in [0.3, 0.4) is 0 Å². The molecule has 0 spiro atoms. The van der Waals surface area contributed by atoms with Crippen LogP contribution in [-0.4, -0.2) is 17.6 Å². The molecule has 1 rings (SSSR count). The molecule has 0 radical (unpaired) electrons. The molecule has 2 N–H and O–H groups in total. The molecule has 0 aliphatic carbocycles.